The zero-order valence-electron chi connectivity index (χ0n) is 10.3. The molecule has 106 valence electrons. The molecule has 0 amide bonds. The van der Waals surface area contributed by atoms with Crippen LogP contribution in [0.1, 0.15) is 0 Å². The van der Waals surface area contributed by atoms with Gasteiger partial charge < -0.3 is 5.11 Å². The van der Waals surface area contributed by atoms with Gasteiger partial charge in [0.05, 0.1) is 12.4 Å². The Bertz CT molecular complexity index is 804. The highest BCUT2D eigenvalue weighted by Gasteiger charge is 2.21. The molecule has 0 aliphatic rings. The third-order valence-corrected chi connectivity index (χ3v) is 3.45. The summed E-state index contributed by atoms with van der Waals surface area (Å²) in [5.41, 5.74) is 0.332. The fourth-order valence-electron chi connectivity index (χ4n) is 1.81. The van der Waals surface area contributed by atoms with Crippen LogP contribution in [-0.2, 0) is 0 Å². The Kier molecular flexibility index (Phi) is 3.38. The van der Waals surface area contributed by atoms with Crippen LogP contribution in [0.25, 0.3) is 17.2 Å². The summed E-state index contributed by atoms with van der Waals surface area (Å²) in [6.07, 6.45) is 1.95. The smallest absolute Gasteiger partial charge is 0.246 e. The largest absolute Gasteiger partial charge is 0.491 e. The number of hydrogen-bond donors (Lipinski definition) is 1. The van der Waals surface area contributed by atoms with E-state index < -0.39 is 11.6 Å². The first kappa shape index (κ1) is 13.6. The lowest BCUT2D eigenvalue weighted by molar-refractivity contribution is 0.444. The highest BCUT2D eigenvalue weighted by atomic mass is 79.9. The minimum absolute atomic E-state index is 0.0966. The van der Waals surface area contributed by atoms with E-state index in [0.717, 1.165) is 17.1 Å². The predicted molar refractivity (Wildman–Crippen MR) is 73.9 cm³/mol. The van der Waals surface area contributed by atoms with Crippen LogP contribution in [0.15, 0.2) is 41.1 Å². The molecule has 1 N–H and O–H groups in total. The SMILES string of the molecule is Oc1nn(-c2ccccc2F)c(-c2ncc(F)cn2)c1Br. The lowest BCUT2D eigenvalue weighted by Crippen LogP contribution is -2.04. The second kappa shape index (κ2) is 5.21. The van der Waals surface area contributed by atoms with Crippen molar-refractivity contribution in [2.75, 3.05) is 0 Å². The Morgan fingerprint density at radius 2 is 1.76 bits per heavy atom. The Labute approximate surface area is 126 Å². The number of rotatable bonds is 2. The van der Waals surface area contributed by atoms with E-state index in [-0.39, 0.29) is 27.6 Å². The first-order chi connectivity index (χ1) is 10.1. The van der Waals surface area contributed by atoms with Crippen LogP contribution >= 0.6 is 15.9 Å². The Balaban J connectivity index is 2.26. The number of nitrogens with zero attached hydrogens (tertiary/aromatic N) is 4. The molecule has 2 aromatic heterocycles. The van der Waals surface area contributed by atoms with Crippen molar-refractivity contribution in [1.29, 1.82) is 0 Å². The van der Waals surface area contributed by atoms with Gasteiger partial charge in [0, 0.05) is 0 Å². The van der Waals surface area contributed by atoms with Gasteiger partial charge in [-0.05, 0) is 28.1 Å². The zero-order valence-corrected chi connectivity index (χ0v) is 11.9. The average Bonchev–Trinajstić information content (AvgIpc) is 2.76. The lowest BCUT2D eigenvalue weighted by atomic mass is 10.3. The highest BCUT2D eigenvalue weighted by Crippen LogP contribution is 2.35. The standard InChI is InChI=1S/C13H7BrF2N4O/c14-10-11(12-17-5-7(15)6-18-12)20(19-13(10)21)9-4-2-1-3-8(9)16/h1-6H,(H,19,21). The van der Waals surface area contributed by atoms with Crippen LogP contribution in [0.2, 0.25) is 0 Å². The molecular weight excluding hydrogens is 346 g/mol. The summed E-state index contributed by atoms with van der Waals surface area (Å²) in [6, 6.07) is 5.91. The minimum Gasteiger partial charge on any atom is -0.491 e. The minimum atomic E-state index is -0.601. The van der Waals surface area contributed by atoms with Crippen molar-refractivity contribution in [2.45, 2.75) is 0 Å². The predicted octanol–water partition coefficient (Wildman–Crippen LogP) is 3.08. The van der Waals surface area contributed by atoms with Crippen molar-refractivity contribution in [2.24, 2.45) is 0 Å². The van der Waals surface area contributed by atoms with E-state index >= 15 is 0 Å². The molecule has 0 unspecified atom stereocenters. The van der Waals surface area contributed by atoms with Gasteiger partial charge in [0.25, 0.3) is 0 Å². The van der Waals surface area contributed by atoms with E-state index in [0.29, 0.717) is 0 Å². The second-order valence-electron chi connectivity index (χ2n) is 4.07. The maximum atomic E-state index is 13.9. The summed E-state index contributed by atoms with van der Waals surface area (Å²) in [5.74, 6) is -1.38. The molecule has 2 heterocycles. The van der Waals surface area contributed by atoms with Crippen LogP contribution in [0.4, 0.5) is 8.78 Å². The lowest BCUT2D eigenvalue weighted by Gasteiger charge is -2.07. The van der Waals surface area contributed by atoms with Crippen LogP contribution < -0.4 is 0 Å². The fraction of sp³-hybridized carbons (Fsp3) is 0. The molecule has 0 aliphatic heterocycles. The van der Waals surface area contributed by atoms with Gasteiger partial charge in [0.1, 0.15) is 21.7 Å². The monoisotopic (exact) mass is 352 g/mol. The van der Waals surface area contributed by atoms with Crippen molar-refractivity contribution in [3.05, 3.63) is 52.8 Å². The van der Waals surface area contributed by atoms with Gasteiger partial charge in [-0.25, -0.2) is 23.4 Å². The molecule has 0 bridgehead atoms. The molecule has 0 spiro atoms. The zero-order chi connectivity index (χ0) is 15.0. The first-order valence-electron chi connectivity index (χ1n) is 5.78. The Morgan fingerprint density at radius 3 is 2.43 bits per heavy atom. The maximum absolute atomic E-state index is 13.9. The van der Waals surface area contributed by atoms with Crippen molar-refractivity contribution < 1.29 is 13.9 Å². The van der Waals surface area contributed by atoms with Crippen molar-refractivity contribution in [3.8, 4) is 23.1 Å². The van der Waals surface area contributed by atoms with Gasteiger partial charge in [-0.3, -0.25) is 0 Å². The molecule has 5 nitrogen and oxygen atoms in total. The van der Waals surface area contributed by atoms with Crippen molar-refractivity contribution in [1.82, 2.24) is 19.7 Å². The van der Waals surface area contributed by atoms with Gasteiger partial charge in [0.2, 0.25) is 5.88 Å². The number of benzene rings is 1. The van der Waals surface area contributed by atoms with Crippen molar-refractivity contribution >= 4 is 15.9 Å². The normalized spacial score (nSPS) is 10.8. The topological polar surface area (TPSA) is 63.8 Å². The molecule has 21 heavy (non-hydrogen) atoms. The quantitative estimate of drug-likeness (QED) is 0.769. The summed E-state index contributed by atoms with van der Waals surface area (Å²) in [6.45, 7) is 0. The number of aromatic hydroxyl groups is 1. The Hall–Kier alpha value is -2.35. The first-order valence-corrected chi connectivity index (χ1v) is 6.57. The molecule has 0 fully saturated rings. The van der Waals surface area contributed by atoms with Crippen molar-refractivity contribution in [3.63, 3.8) is 0 Å². The van der Waals surface area contributed by atoms with Gasteiger partial charge >= 0.3 is 0 Å². The molecule has 0 aliphatic carbocycles. The number of aromatic nitrogens is 4. The molecule has 3 aromatic rings. The van der Waals surface area contributed by atoms with E-state index in [1.54, 1.807) is 6.07 Å². The summed E-state index contributed by atoms with van der Waals surface area (Å²) in [5, 5.41) is 13.6. The molecule has 1 aromatic carbocycles. The molecular formula is C13H7BrF2N4O. The van der Waals surface area contributed by atoms with E-state index in [2.05, 4.69) is 31.0 Å². The third-order valence-electron chi connectivity index (χ3n) is 2.72. The van der Waals surface area contributed by atoms with Gasteiger partial charge in [0.15, 0.2) is 11.6 Å². The molecule has 0 atom stereocenters. The Morgan fingerprint density at radius 1 is 1.10 bits per heavy atom. The average molecular weight is 353 g/mol. The molecule has 0 saturated heterocycles. The molecule has 0 saturated carbocycles. The van der Waals surface area contributed by atoms with E-state index in [1.165, 1.54) is 18.2 Å². The highest BCUT2D eigenvalue weighted by molar-refractivity contribution is 9.10. The van der Waals surface area contributed by atoms with Gasteiger partial charge in [-0.2, -0.15) is 0 Å². The molecule has 0 radical (unpaired) electrons. The van der Waals surface area contributed by atoms with Crippen LogP contribution in [0, 0.1) is 11.6 Å². The van der Waals surface area contributed by atoms with Crippen LogP contribution in [0.5, 0.6) is 5.88 Å². The van der Waals surface area contributed by atoms with Gasteiger partial charge in [-0.1, -0.05) is 12.1 Å². The fourth-order valence-corrected chi connectivity index (χ4v) is 2.24. The summed E-state index contributed by atoms with van der Waals surface area (Å²) in [4.78, 5) is 7.66. The summed E-state index contributed by atoms with van der Waals surface area (Å²) in [7, 11) is 0. The summed E-state index contributed by atoms with van der Waals surface area (Å²) >= 11 is 3.15. The third kappa shape index (κ3) is 2.38. The van der Waals surface area contributed by atoms with Crippen LogP contribution in [-0.4, -0.2) is 24.9 Å². The van der Waals surface area contributed by atoms with E-state index in [9.17, 15) is 13.9 Å². The maximum Gasteiger partial charge on any atom is 0.246 e. The van der Waals surface area contributed by atoms with E-state index in [1.807, 2.05) is 0 Å². The molecule has 3 rings (SSSR count). The number of halogens is 3. The van der Waals surface area contributed by atoms with Gasteiger partial charge in [-0.15, -0.1) is 5.10 Å². The van der Waals surface area contributed by atoms with E-state index in [4.69, 9.17) is 0 Å². The number of para-hydroxylation sites is 1. The second-order valence-corrected chi connectivity index (χ2v) is 4.87. The summed E-state index contributed by atoms with van der Waals surface area (Å²) < 4.78 is 28.2. The van der Waals surface area contributed by atoms with Crippen LogP contribution in [0.3, 0.4) is 0 Å². The number of hydrogen-bond acceptors (Lipinski definition) is 4. The molecule has 8 heteroatoms.